The number of carboxylic acids is 1. The maximum Gasteiger partial charge on any atom is 0.310 e. The van der Waals surface area contributed by atoms with E-state index in [1.165, 1.54) is 0 Å². The molecule has 0 aliphatic carbocycles. The Morgan fingerprint density at radius 1 is 1.10 bits per heavy atom. The lowest BCUT2D eigenvalue weighted by Crippen LogP contribution is -2.45. The molecule has 5 nitrogen and oxygen atoms in total. The van der Waals surface area contributed by atoms with E-state index in [0.717, 1.165) is 0 Å². The van der Waals surface area contributed by atoms with Crippen molar-refractivity contribution in [3.63, 3.8) is 0 Å². The van der Waals surface area contributed by atoms with Gasteiger partial charge in [0.2, 0.25) is 5.91 Å². The normalized spacial score (nSPS) is 16.6. The van der Waals surface area contributed by atoms with E-state index in [-0.39, 0.29) is 24.2 Å². The quantitative estimate of drug-likeness (QED) is 0.784. The van der Waals surface area contributed by atoms with E-state index in [1.807, 2.05) is 27.7 Å². The van der Waals surface area contributed by atoms with Crippen LogP contribution in [-0.4, -0.2) is 48.2 Å². The van der Waals surface area contributed by atoms with Crippen LogP contribution in [0.25, 0.3) is 0 Å². The zero-order chi connectivity index (χ0) is 16.0. The lowest BCUT2D eigenvalue weighted by atomic mass is 9.71. The van der Waals surface area contributed by atoms with E-state index >= 15 is 0 Å². The van der Waals surface area contributed by atoms with Crippen molar-refractivity contribution in [3.8, 4) is 0 Å². The van der Waals surface area contributed by atoms with Gasteiger partial charge in [0.15, 0.2) is 0 Å². The van der Waals surface area contributed by atoms with Crippen LogP contribution < -0.4 is 0 Å². The van der Waals surface area contributed by atoms with Gasteiger partial charge in [-0.3, -0.25) is 9.59 Å². The molecule has 0 aromatic carbocycles. The van der Waals surface area contributed by atoms with Crippen molar-refractivity contribution in [2.75, 3.05) is 26.3 Å². The minimum Gasteiger partial charge on any atom is -0.481 e. The number of hydrogen-bond acceptors (Lipinski definition) is 3. The Bertz CT molecular complexity index is 349. The molecule has 1 rings (SSSR count). The Hall–Kier alpha value is -1.10. The second-order valence-corrected chi connectivity index (χ2v) is 6.95. The number of ether oxygens (including phenoxy) is 1. The summed E-state index contributed by atoms with van der Waals surface area (Å²) in [5, 5.41) is 9.77. The first-order valence-corrected chi connectivity index (χ1v) is 7.86. The first-order valence-electron chi connectivity index (χ1n) is 7.86. The Balaban J connectivity index is 2.87. The lowest BCUT2D eigenvalue weighted by molar-refractivity contribution is -0.157. The summed E-state index contributed by atoms with van der Waals surface area (Å²) < 4.78 is 5.25. The van der Waals surface area contributed by atoms with E-state index < -0.39 is 11.4 Å². The minimum absolute atomic E-state index is 0.0537. The number of carboxylic acid groups (broad SMARTS) is 1. The van der Waals surface area contributed by atoms with Crippen molar-refractivity contribution >= 4 is 11.9 Å². The molecule has 1 aliphatic heterocycles. The predicted molar refractivity (Wildman–Crippen MR) is 81.0 cm³/mol. The molecule has 0 bridgehead atoms. The summed E-state index contributed by atoms with van der Waals surface area (Å²) in [5.74, 6) is -0.400. The molecule has 1 aliphatic rings. The smallest absolute Gasteiger partial charge is 0.310 e. The van der Waals surface area contributed by atoms with Gasteiger partial charge in [0.1, 0.15) is 0 Å². The maximum absolute atomic E-state index is 12.5. The Morgan fingerprint density at radius 3 is 1.95 bits per heavy atom. The molecule has 0 unspecified atom stereocenters. The molecule has 1 amide bonds. The van der Waals surface area contributed by atoms with Crippen LogP contribution >= 0.6 is 0 Å². The van der Waals surface area contributed by atoms with Gasteiger partial charge in [-0.2, -0.15) is 0 Å². The van der Waals surface area contributed by atoms with Crippen molar-refractivity contribution in [2.24, 2.45) is 17.3 Å². The highest BCUT2D eigenvalue weighted by Gasteiger charge is 2.42. The Morgan fingerprint density at radius 2 is 1.57 bits per heavy atom. The maximum atomic E-state index is 12.5. The highest BCUT2D eigenvalue weighted by molar-refractivity contribution is 5.85. The van der Waals surface area contributed by atoms with Gasteiger partial charge in [-0.25, -0.2) is 0 Å². The number of nitrogens with zero attached hydrogens (tertiary/aromatic N) is 1. The minimum atomic E-state index is -0.947. The molecule has 0 radical (unpaired) electrons. The summed E-state index contributed by atoms with van der Waals surface area (Å²) in [6, 6.07) is 0. The van der Waals surface area contributed by atoms with Gasteiger partial charge >= 0.3 is 5.97 Å². The van der Waals surface area contributed by atoms with Gasteiger partial charge in [0.05, 0.1) is 18.6 Å². The van der Waals surface area contributed by atoms with Crippen LogP contribution in [0.5, 0.6) is 0 Å². The number of hydrogen-bond donors (Lipinski definition) is 1. The third-order valence-electron chi connectivity index (χ3n) is 3.91. The number of carbonyl (C=O) groups is 2. The standard InChI is InChI=1S/C16H29NO4/c1-12(2)9-16(15(19)20,10-13(3)4)11-14(18)17-5-7-21-8-6-17/h12-13H,5-11H2,1-4H3,(H,19,20). The molecular weight excluding hydrogens is 270 g/mol. The third kappa shape index (κ3) is 5.30. The number of rotatable bonds is 7. The van der Waals surface area contributed by atoms with Crippen LogP contribution in [0.2, 0.25) is 0 Å². The molecule has 0 aromatic heterocycles. The summed E-state index contributed by atoms with van der Waals surface area (Å²) in [6.07, 6.45) is 1.17. The number of morpholine rings is 1. The fourth-order valence-electron chi connectivity index (χ4n) is 3.25. The molecule has 5 heteroatoms. The molecule has 0 aromatic rings. The van der Waals surface area contributed by atoms with E-state index in [2.05, 4.69) is 0 Å². The number of amides is 1. The highest BCUT2D eigenvalue weighted by Crippen LogP contribution is 2.38. The van der Waals surface area contributed by atoms with E-state index in [0.29, 0.717) is 39.1 Å². The molecule has 122 valence electrons. The average molecular weight is 299 g/mol. The van der Waals surface area contributed by atoms with Crippen LogP contribution in [0.1, 0.15) is 47.0 Å². The fraction of sp³-hybridized carbons (Fsp3) is 0.875. The van der Waals surface area contributed by atoms with Crippen molar-refractivity contribution < 1.29 is 19.4 Å². The van der Waals surface area contributed by atoms with Gasteiger partial charge in [-0.15, -0.1) is 0 Å². The average Bonchev–Trinajstić information content (AvgIpc) is 2.37. The van der Waals surface area contributed by atoms with E-state index in [9.17, 15) is 14.7 Å². The molecule has 1 heterocycles. The zero-order valence-electron chi connectivity index (χ0n) is 13.7. The fourth-order valence-corrected chi connectivity index (χ4v) is 3.25. The topological polar surface area (TPSA) is 66.8 Å². The molecule has 0 spiro atoms. The van der Waals surface area contributed by atoms with E-state index in [1.54, 1.807) is 4.90 Å². The van der Waals surface area contributed by atoms with Crippen molar-refractivity contribution in [1.29, 1.82) is 0 Å². The Kier molecular flexibility index (Phi) is 6.65. The number of carbonyl (C=O) groups excluding carboxylic acids is 1. The lowest BCUT2D eigenvalue weighted by Gasteiger charge is -2.35. The highest BCUT2D eigenvalue weighted by atomic mass is 16.5. The second-order valence-electron chi connectivity index (χ2n) is 6.95. The van der Waals surface area contributed by atoms with Gasteiger partial charge in [-0.05, 0) is 24.7 Å². The molecule has 0 atom stereocenters. The van der Waals surface area contributed by atoms with Crippen LogP contribution in [0.3, 0.4) is 0 Å². The summed E-state index contributed by atoms with van der Waals surface area (Å²) >= 11 is 0. The molecule has 21 heavy (non-hydrogen) atoms. The van der Waals surface area contributed by atoms with Crippen LogP contribution in [0.4, 0.5) is 0 Å². The summed E-state index contributed by atoms with van der Waals surface area (Å²) in [4.78, 5) is 26.1. The largest absolute Gasteiger partial charge is 0.481 e. The second kappa shape index (κ2) is 7.78. The molecular formula is C16H29NO4. The molecule has 0 saturated carbocycles. The van der Waals surface area contributed by atoms with Gasteiger partial charge in [0, 0.05) is 19.5 Å². The Labute approximate surface area is 127 Å². The molecule has 1 N–H and O–H groups in total. The summed E-state index contributed by atoms with van der Waals surface area (Å²) in [6.45, 7) is 10.3. The van der Waals surface area contributed by atoms with Crippen LogP contribution in [0.15, 0.2) is 0 Å². The van der Waals surface area contributed by atoms with Crippen molar-refractivity contribution in [2.45, 2.75) is 47.0 Å². The summed E-state index contributed by atoms with van der Waals surface area (Å²) in [5.41, 5.74) is -0.947. The van der Waals surface area contributed by atoms with Gasteiger partial charge < -0.3 is 14.7 Å². The summed E-state index contributed by atoms with van der Waals surface area (Å²) in [7, 11) is 0. The monoisotopic (exact) mass is 299 g/mol. The first-order chi connectivity index (χ1) is 9.77. The SMILES string of the molecule is CC(C)CC(CC(=O)N1CCOCC1)(CC(C)C)C(=O)O. The number of aliphatic carboxylic acids is 1. The van der Waals surface area contributed by atoms with Crippen molar-refractivity contribution in [1.82, 2.24) is 4.90 Å². The van der Waals surface area contributed by atoms with Crippen molar-refractivity contribution in [3.05, 3.63) is 0 Å². The predicted octanol–water partition coefficient (Wildman–Crippen LogP) is 2.40. The van der Waals surface area contributed by atoms with Crippen LogP contribution in [0, 0.1) is 17.3 Å². The third-order valence-corrected chi connectivity index (χ3v) is 3.91. The zero-order valence-corrected chi connectivity index (χ0v) is 13.7. The van der Waals surface area contributed by atoms with Gasteiger partial charge in [-0.1, -0.05) is 27.7 Å². The van der Waals surface area contributed by atoms with E-state index in [4.69, 9.17) is 4.74 Å². The molecule has 1 saturated heterocycles. The first kappa shape index (κ1) is 18.0. The van der Waals surface area contributed by atoms with Crippen LogP contribution in [-0.2, 0) is 14.3 Å². The molecule has 1 fully saturated rings. The van der Waals surface area contributed by atoms with Gasteiger partial charge in [0.25, 0.3) is 0 Å².